The first-order chi connectivity index (χ1) is 12.0. The Morgan fingerprint density at radius 1 is 1.20 bits per heavy atom. The second-order valence-electron chi connectivity index (χ2n) is 6.54. The zero-order valence-electron chi connectivity index (χ0n) is 14.0. The normalized spacial score (nSPS) is 19.2. The van der Waals surface area contributed by atoms with Crippen LogP contribution in [0.15, 0.2) is 46.9 Å². The highest BCUT2D eigenvalue weighted by molar-refractivity contribution is 7.88. The van der Waals surface area contributed by atoms with Gasteiger partial charge in [0.25, 0.3) is 0 Å². The monoisotopic (exact) mass is 382 g/mol. The Kier molecular flexibility index (Phi) is 6.17. The van der Waals surface area contributed by atoms with Crippen LogP contribution in [0.3, 0.4) is 0 Å². The molecule has 7 heteroatoms. The first-order valence-electron chi connectivity index (χ1n) is 8.48. The number of halogens is 1. The molecule has 1 aromatic heterocycles. The smallest absolute Gasteiger partial charge is 0.215 e. The predicted octanol–water partition coefficient (Wildman–Crippen LogP) is 3.26. The minimum Gasteiger partial charge on any atom is -0.448 e. The van der Waals surface area contributed by atoms with Gasteiger partial charge in [-0.3, -0.25) is 4.90 Å². The van der Waals surface area contributed by atoms with Gasteiger partial charge in [-0.25, -0.2) is 13.1 Å². The lowest BCUT2D eigenvalue weighted by atomic mass is 9.98. The summed E-state index contributed by atoms with van der Waals surface area (Å²) in [4.78, 5) is 2.29. The Bertz CT molecular complexity index is 777. The number of furan rings is 1. The quantitative estimate of drug-likeness (QED) is 0.798. The van der Waals surface area contributed by atoms with Crippen molar-refractivity contribution in [2.75, 3.05) is 19.6 Å². The molecule has 1 N–H and O–H groups in total. The van der Waals surface area contributed by atoms with Gasteiger partial charge in [-0.15, -0.1) is 0 Å². The van der Waals surface area contributed by atoms with Crippen LogP contribution in [-0.2, 0) is 22.3 Å². The maximum Gasteiger partial charge on any atom is 0.215 e. The summed E-state index contributed by atoms with van der Waals surface area (Å²) in [5.41, 5.74) is 0.801. The number of hydrogen-bond acceptors (Lipinski definition) is 4. The van der Waals surface area contributed by atoms with E-state index in [0.29, 0.717) is 24.2 Å². The molecule has 0 bridgehead atoms. The molecule has 136 valence electrons. The van der Waals surface area contributed by atoms with Crippen LogP contribution in [0.25, 0.3) is 0 Å². The summed E-state index contributed by atoms with van der Waals surface area (Å²) >= 11 is 5.81. The average molecular weight is 383 g/mol. The second-order valence-corrected chi connectivity index (χ2v) is 8.72. The van der Waals surface area contributed by atoms with Crippen molar-refractivity contribution in [1.82, 2.24) is 9.62 Å². The molecule has 2 heterocycles. The zero-order chi connectivity index (χ0) is 17.7. The highest BCUT2D eigenvalue weighted by atomic mass is 35.5. The molecular formula is C18H23ClN2O3S. The van der Waals surface area contributed by atoms with Crippen LogP contribution in [0.1, 0.15) is 24.2 Å². The summed E-state index contributed by atoms with van der Waals surface area (Å²) in [6.45, 7) is 3.03. The van der Waals surface area contributed by atoms with Crippen molar-refractivity contribution in [3.63, 3.8) is 0 Å². The summed E-state index contributed by atoms with van der Waals surface area (Å²) in [6.07, 6.45) is 2.09. The van der Waals surface area contributed by atoms with Crippen molar-refractivity contribution in [2.45, 2.75) is 25.1 Å². The largest absolute Gasteiger partial charge is 0.448 e. The molecule has 0 amide bonds. The molecule has 1 unspecified atom stereocenters. The van der Waals surface area contributed by atoms with Crippen LogP contribution in [0.2, 0.25) is 5.22 Å². The summed E-state index contributed by atoms with van der Waals surface area (Å²) in [5, 5.41) is 0.400. The van der Waals surface area contributed by atoms with E-state index < -0.39 is 10.0 Å². The van der Waals surface area contributed by atoms with E-state index in [0.717, 1.165) is 37.3 Å². The van der Waals surface area contributed by atoms with E-state index in [1.807, 2.05) is 36.4 Å². The fourth-order valence-corrected chi connectivity index (χ4v) is 4.59. The molecule has 1 atom stereocenters. The number of hydrogen-bond donors (Lipinski definition) is 1. The van der Waals surface area contributed by atoms with Crippen molar-refractivity contribution < 1.29 is 12.8 Å². The average Bonchev–Trinajstić information content (AvgIpc) is 2.99. The van der Waals surface area contributed by atoms with Crippen LogP contribution >= 0.6 is 11.6 Å². The zero-order valence-corrected chi connectivity index (χ0v) is 15.6. The van der Waals surface area contributed by atoms with Crippen molar-refractivity contribution >= 4 is 21.6 Å². The number of piperidine rings is 1. The van der Waals surface area contributed by atoms with E-state index in [1.165, 1.54) is 0 Å². The highest BCUT2D eigenvalue weighted by Crippen LogP contribution is 2.20. The molecule has 1 aliphatic rings. The van der Waals surface area contributed by atoms with Crippen LogP contribution in [0.4, 0.5) is 0 Å². The van der Waals surface area contributed by atoms with Gasteiger partial charge in [0.05, 0.1) is 12.3 Å². The van der Waals surface area contributed by atoms with E-state index in [2.05, 4.69) is 9.62 Å². The van der Waals surface area contributed by atoms with Gasteiger partial charge in [0.2, 0.25) is 10.0 Å². The van der Waals surface area contributed by atoms with Gasteiger partial charge < -0.3 is 4.42 Å². The molecule has 1 aromatic carbocycles. The van der Waals surface area contributed by atoms with Crippen LogP contribution in [0, 0.1) is 5.92 Å². The Morgan fingerprint density at radius 3 is 2.72 bits per heavy atom. The van der Waals surface area contributed by atoms with Crippen molar-refractivity contribution in [1.29, 1.82) is 0 Å². The van der Waals surface area contributed by atoms with Crippen LogP contribution < -0.4 is 4.72 Å². The molecule has 0 radical (unpaired) electrons. The topological polar surface area (TPSA) is 62.6 Å². The van der Waals surface area contributed by atoms with E-state index in [-0.39, 0.29) is 5.75 Å². The number of benzene rings is 1. The van der Waals surface area contributed by atoms with Gasteiger partial charge >= 0.3 is 0 Å². The molecule has 0 saturated carbocycles. The summed E-state index contributed by atoms with van der Waals surface area (Å²) in [5.74, 6) is 1.18. The Hall–Kier alpha value is -1.34. The van der Waals surface area contributed by atoms with Gasteiger partial charge in [-0.2, -0.15) is 0 Å². The lowest BCUT2D eigenvalue weighted by molar-refractivity contribution is 0.158. The summed E-state index contributed by atoms with van der Waals surface area (Å²) < 4.78 is 32.7. The number of rotatable bonds is 7. The van der Waals surface area contributed by atoms with Crippen molar-refractivity contribution in [3.8, 4) is 0 Å². The third kappa shape index (κ3) is 5.85. The van der Waals surface area contributed by atoms with Gasteiger partial charge in [-0.1, -0.05) is 30.3 Å². The molecule has 25 heavy (non-hydrogen) atoms. The lowest BCUT2D eigenvalue weighted by Crippen LogP contribution is -2.40. The molecule has 0 spiro atoms. The molecule has 1 aliphatic heterocycles. The molecule has 0 aliphatic carbocycles. The van der Waals surface area contributed by atoms with Crippen LogP contribution in [-0.4, -0.2) is 33.0 Å². The first kappa shape index (κ1) is 18.5. The number of sulfonamides is 1. The lowest BCUT2D eigenvalue weighted by Gasteiger charge is -2.32. The standard InChI is InChI=1S/C18H23ClN2O3S/c19-18-9-8-17(24-18)13-21-10-4-7-16(12-21)11-20-25(22,23)14-15-5-2-1-3-6-15/h1-3,5-6,8-9,16,20H,4,7,10-14H2. The van der Waals surface area contributed by atoms with Crippen molar-refractivity contribution in [2.24, 2.45) is 5.92 Å². The van der Waals surface area contributed by atoms with Gasteiger partial charge in [0.1, 0.15) is 5.76 Å². The molecule has 2 aromatic rings. The minimum atomic E-state index is -3.31. The molecular weight excluding hydrogens is 360 g/mol. The third-order valence-corrected chi connectivity index (χ3v) is 5.93. The number of nitrogens with zero attached hydrogens (tertiary/aromatic N) is 1. The molecule has 3 rings (SSSR count). The SMILES string of the molecule is O=S(=O)(Cc1ccccc1)NCC1CCCN(Cc2ccc(Cl)o2)C1. The van der Waals surface area contributed by atoms with E-state index in [4.69, 9.17) is 16.0 Å². The first-order valence-corrected chi connectivity index (χ1v) is 10.5. The molecule has 5 nitrogen and oxygen atoms in total. The Morgan fingerprint density at radius 2 is 2.00 bits per heavy atom. The fraction of sp³-hybridized carbons (Fsp3) is 0.444. The van der Waals surface area contributed by atoms with E-state index >= 15 is 0 Å². The number of likely N-dealkylation sites (tertiary alicyclic amines) is 1. The molecule has 1 fully saturated rings. The fourth-order valence-electron chi connectivity index (χ4n) is 3.21. The maximum absolute atomic E-state index is 12.3. The van der Waals surface area contributed by atoms with Crippen LogP contribution in [0.5, 0.6) is 0 Å². The highest BCUT2D eigenvalue weighted by Gasteiger charge is 2.22. The summed E-state index contributed by atoms with van der Waals surface area (Å²) in [7, 11) is -3.31. The van der Waals surface area contributed by atoms with E-state index in [9.17, 15) is 8.42 Å². The predicted molar refractivity (Wildman–Crippen MR) is 98.8 cm³/mol. The van der Waals surface area contributed by atoms with Gasteiger partial charge in [0.15, 0.2) is 5.22 Å². The Labute approximate surface area is 154 Å². The second kappa shape index (κ2) is 8.36. The minimum absolute atomic E-state index is 0.0230. The Balaban J connectivity index is 1.49. The number of nitrogens with one attached hydrogen (secondary N) is 1. The maximum atomic E-state index is 12.3. The van der Waals surface area contributed by atoms with Gasteiger partial charge in [-0.05, 0) is 54.6 Å². The van der Waals surface area contributed by atoms with E-state index in [1.54, 1.807) is 6.07 Å². The van der Waals surface area contributed by atoms with Gasteiger partial charge in [0, 0.05) is 13.1 Å². The summed E-state index contributed by atoms with van der Waals surface area (Å²) in [6, 6.07) is 12.9. The third-order valence-electron chi connectivity index (χ3n) is 4.40. The molecule has 1 saturated heterocycles. The van der Waals surface area contributed by atoms with Crippen molar-refractivity contribution in [3.05, 3.63) is 59.0 Å².